The molecule has 0 aromatic heterocycles. The molecule has 1 atom stereocenters. The third-order valence-electron chi connectivity index (χ3n) is 2.72. The van der Waals surface area contributed by atoms with E-state index in [0.29, 0.717) is 5.56 Å². The molecule has 0 radical (unpaired) electrons. The topological polar surface area (TPSA) is 49.8 Å². The van der Waals surface area contributed by atoms with E-state index < -0.39 is 0 Å². The van der Waals surface area contributed by atoms with Crippen molar-refractivity contribution in [2.24, 2.45) is 5.73 Å². The van der Waals surface area contributed by atoms with Crippen LogP contribution in [-0.4, -0.2) is 0 Å². The van der Waals surface area contributed by atoms with Gasteiger partial charge in [0.25, 0.3) is 0 Å². The maximum atomic E-state index is 8.89. The van der Waals surface area contributed by atoms with Crippen LogP contribution < -0.4 is 5.73 Å². The van der Waals surface area contributed by atoms with Crippen molar-refractivity contribution in [2.45, 2.75) is 25.3 Å². The van der Waals surface area contributed by atoms with Crippen molar-refractivity contribution in [2.75, 3.05) is 0 Å². The Balaban J connectivity index is 2.61. The van der Waals surface area contributed by atoms with Crippen LogP contribution in [0.15, 0.2) is 16.6 Å². The van der Waals surface area contributed by atoms with Gasteiger partial charge in [0.2, 0.25) is 0 Å². The van der Waals surface area contributed by atoms with E-state index in [-0.39, 0.29) is 6.04 Å². The van der Waals surface area contributed by atoms with Crippen LogP contribution in [0, 0.1) is 11.3 Å². The number of halogens is 1. The molecule has 1 aliphatic rings. The zero-order valence-corrected chi connectivity index (χ0v) is 9.34. The summed E-state index contributed by atoms with van der Waals surface area (Å²) in [6, 6.07) is 6.14. The van der Waals surface area contributed by atoms with Crippen molar-refractivity contribution in [3.05, 3.63) is 33.3 Å². The molecule has 0 aliphatic heterocycles. The number of nitrogens with two attached hydrogens (primary N) is 1. The predicted molar refractivity (Wildman–Crippen MR) is 58.7 cm³/mol. The zero-order valence-electron chi connectivity index (χ0n) is 7.76. The summed E-state index contributed by atoms with van der Waals surface area (Å²) < 4.78 is 0.893. The molecule has 72 valence electrons. The molecule has 2 N–H and O–H groups in total. The van der Waals surface area contributed by atoms with E-state index in [1.807, 2.05) is 12.1 Å². The van der Waals surface area contributed by atoms with Crippen molar-refractivity contribution in [1.29, 1.82) is 5.26 Å². The Morgan fingerprint density at radius 1 is 1.50 bits per heavy atom. The van der Waals surface area contributed by atoms with Gasteiger partial charge in [0, 0.05) is 10.5 Å². The third kappa shape index (κ3) is 1.45. The fraction of sp³-hybridized carbons (Fsp3) is 0.364. The normalized spacial score (nSPS) is 19.9. The summed E-state index contributed by atoms with van der Waals surface area (Å²) in [5, 5.41) is 8.89. The lowest BCUT2D eigenvalue weighted by Crippen LogP contribution is -2.18. The van der Waals surface area contributed by atoms with Crippen LogP contribution in [0.25, 0.3) is 0 Å². The molecular weight excluding hydrogens is 240 g/mol. The molecule has 0 fully saturated rings. The highest BCUT2D eigenvalue weighted by molar-refractivity contribution is 9.10. The number of fused-ring (bicyclic) bond motifs is 1. The molecule has 2 nitrogen and oxygen atoms in total. The van der Waals surface area contributed by atoms with Crippen molar-refractivity contribution in [3.63, 3.8) is 0 Å². The molecule has 0 saturated carbocycles. The molecule has 1 aliphatic carbocycles. The van der Waals surface area contributed by atoms with Gasteiger partial charge in [-0.3, -0.25) is 0 Å². The zero-order chi connectivity index (χ0) is 10.1. The lowest BCUT2D eigenvalue weighted by Gasteiger charge is -2.23. The Labute approximate surface area is 91.9 Å². The SMILES string of the molecule is N#Cc1ccc2c(c1Br)[C@@H](N)CCC2. The van der Waals surface area contributed by atoms with Crippen LogP contribution in [0.4, 0.5) is 0 Å². The first-order valence-corrected chi connectivity index (χ1v) is 5.50. The summed E-state index contributed by atoms with van der Waals surface area (Å²) in [5.74, 6) is 0. The molecule has 0 heterocycles. The average Bonchev–Trinajstić information content (AvgIpc) is 2.18. The Kier molecular flexibility index (Phi) is 2.58. The van der Waals surface area contributed by atoms with Gasteiger partial charge in [-0.05, 0) is 52.4 Å². The Morgan fingerprint density at radius 3 is 3.00 bits per heavy atom. The van der Waals surface area contributed by atoms with Crippen molar-refractivity contribution < 1.29 is 0 Å². The van der Waals surface area contributed by atoms with E-state index in [2.05, 4.69) is 22.0 Å². The molecule has 1 aromatic carbocycles. The van der Waals surface area contributed by atoms with E-state index in [4.69, 9.17) is 11.0 Å². The summed E-state index contributed by atoms with van der Waals surface area (Å²) in [7, 11) is 0. The van der Waals surface area contributed by atoms with E-state index in [1.165, 1.54) is 5.56 Å². The van der Waals surface area contributed by atoms with Crippen LogP contribution in [0.1, 0.15) is 35.6 Å². The standard InChI is InChI=1S/C11H11BrN2/c12-11-8(6-13)5-4-7-2-1-3-9(14)10(7)11/h4-5,9H,1-3,14H2/t9-/m0/s1. The largest absolute Gasteiger partial charge is 0.324 e. The summed E-state index contributed by atoms with van der Waals surface area (Å²) >= 11 is 3.47. The highest BCUT2D eigenvalue weighted by Gasteiger charge is 2.20. The maximum absolute atomic E-state index is 8.89. The second-order valence-electron chi connectivity index (χ2n) is 3.61. The van der Waals surface area contributed by atoms with Gasteiger partial charge in [0.1, 0.15) is 6.07 Å². The molecular formula is C11H11BrN2. The molecule has 0 amide bonds. The van der Waals surface area contributed by atoms with Gasteiger partial charge in [-0.15, -0.1) is 0 Å². The monoisotopic (exact) mass is 250 g/mol. The quantitative estimate of drug-likeness (QED) is 0.770. The first-order chi connectivity index (χ1) is 6.74. The third-order valence-corrected chi connectivity index (χ3v) is 3.58. The van der Waals surface area contributed by atoms with Crippen LogP contribution in [0.3, 0.4) is 0 Å². The molecule has 2 rings (SSSR count). The van der Waals surface area contributed by atoms with E-state index in [0.717, 1.165) is 29.3 Å². The van der Waals surface area contributed by atoms with E-state index in [1.54, 1.807) is 0 Å². The Bertz CT molecular complexity index is 406. The highest BCUT2D eigenvalue weighted by Crippen LogP contribution is 2.35. The fourth-order valence-electron chi connectivity index (χ4n) is 1.99. The molecule has 14 heavy (non-hydrogen) atoms. The van der Waals surface area contributed by atoms with Crippen molar-refractivity contribution in [3.8, 4) is 6.07 Å². The molecule has 0 spiro atoms. The highest BCUT2D eigenvalue weighted by atomic mass is 79.9. The lowest BCUT2D eigenvalue weighted by molar-refractivity contribution is 0.568. The number of nitrogens with zero attached hydrogens (tertiary/aromatic N) is 1. The Hall–Kier alpha value is -0.850. The number of rotatable bonds is 0. The maximum Gasteiger partial charge on any atom is 0.100 e. The molecule has 0 saturated heterocycles. The minimum Gasteiger partial charge on any atom is -0.324 e. The van der Waals surface area contributed by atoms with Crippen molar-refractivity contribution in [1.82, 2.24) is 0 Å². The first kappa shape index (κ1) is 9.70. The molecule has 0 unspecified atom stereocenters. The van der Waals surface area contributed by atoms with Crippen LogP contribution in [-0.2, 0) is 6.42 Å². The first-order valence-electron chi connectivity index (χ1n) is 4.71. The fourth-order valence-corrected chi connectivity index (χ4v) is 2.76. The van der Waals surface area contributed by atoms with Crippen LogP contribution in [0.5, 0.6) is 0 Å². The molecule has 0 bridgehead atoms. The van der Waals surface area contributed by atoms with Gasteiger partial charge in [0.15, 0.2) is 0 Å². The van der Waals surface area contributed by atoms with Crippen molar-refractivity contribution >= 4 is 15.9 Å². The molecule has 1 aromatic rings. The minimum absolute atomic E-state index is 0.0847. The second kappa shape index (κ2) is 3.72. The number of nitriles is 1. The van der Waals surface area contributed by atoms with Gasteiger partial charge < -0.3 is 5.73 Å². The summed E-state index contributed by atoms with van der Waals surface area (Å²) in [5.41, 5.74) is 9.13. The van der Waals surface area contributed by atoms with Gasteiger partial charge >= 0.3 is 0 Å². The van der Waals surface area contributed by atoms with Crippen LogP contribution >= 0.6 is 15.9 Å². The summed E-state index contributed by atoms with van der Waals surface area (Å²) in [4.78, 5) is 0. The lowest BCUT2D eigenvalue weighted by atomic mass is 9.87. The smallest absolute Gasteiger partial charge is 0.100 e. The van der Waals surface area contributed by atoms with Gasteiger partial charge in [-0.2, -0.15) is 5.26 Å². The number of aryl methyl sites for hydroxylation is 1. The van der Waals surface area contributed by atoms with E-state index in [9.17, 15) is 0 Å². The Morgan fingerprint density at radius 2 is 2.29 bits per heavy atom. The van der Waals surface area contributed by atoms with Gasteiger partial charge in [0.05, 0.1) is 5.56 Å². The number of hydrogen-bond acceptors (Lipinski definition) is 2. The average molecular weight is 251 g/mol. The van der Waals surface area contributed by atoms with Crippen LogP contribution in [0.2, 0.25) is 0 Å². The van der Waals surface area contributed by atoms with E-state index >= 15 is 0 Å². The second-order valence-corrected chi connectivity index (χ2v) is 4.40. The summed E-state index contributed by atoms with van der Waals surface area (Å²) in [6.07, 6.45) is 3.24. The molecule has 3 heteroatoms. The number of benzene rings is 1. The number of hydrogen-bond donors (Lipinski definition) is 1. The predicted octanol–water partition coefficient (Wildman–Crippen LogP) is 2.66. The van der Waals surface area contributed by atoms with Gasteiger partial charge in [-0.1, -0.05) is 6.07 Å². The van der Waals surface area contributed by atoms with Gasteiger partial charge in [-0.25, -0.2) is 0 Å². The summed E-state index contributed by atoms with van der Waals surface area (Å²) in [6.45, 7) is 0. The minimum atomic E-state index is 0.0847.